The standard InChI is InChI=1S/C34H46N4O8S/c1-21(2)18-38(47(42,43)23-11-12-27-25(16-23)26(31(40)36-27)17-35-34(3,4)5)19-29(39)28(15-22-9-7-6-8-10-22)37-33(41)46-30-20-45-32-24(30)13-14-44-32/h6-12,16-17,21,24,28-30,32,36,39-40H,13-15,18-20H2,1-5H3,(H,37,41)/t24-,28-,29+,30-,32+/m0/s1. The fraction of sp³-hybridized carbons (Fsp3) is 0.529. The fourth-order valence-electron chi connectivity index (χ4n) is 5.91. The number of hydrogen-bond acceptors (Lipinski definition) is 9. The van der Waals surface area contributed by atoms with Gasteiger partial charge in [0.25, 0.3) is 0 Å². The number of aliphatic imine (C=N–C) groups is 1. The molecule has 5 atom stereocenters. The molecule has 1 amide bonds. The van der Waals surface area contributed by atoms with Crippen molar-refractivity contribution in [2.75, 3.05) is 26.3 Å². The Morgan fingerprint density at radius 2 is 1.91 bits per heavy atom. The Balaban J connectivity index is 1.39. The molecule has 0 spiro atoms. The van der Waals surface area contributed by atoms with Gasteiger partial charge in [-0.25, -0.2) is 13.2 Å². The van der Waals surface area contributed by atoms with Crippen molar-refractivity contribution >= 4 is 33.2 Å². The number of aromatic hydroxyl groups is 1. The number of aromatic amines is 1. The summed E-state index contributed by atoms with van der Waals surface area (Å²) in [6.07, 6.45) is -0.356. The molecule has 2 fully saturated rings. The summed E-state index contributed by atoms with van der Waals surface area (Å²) in [4.78, 5) is 20.5. The van der Waals surface area contributed by atoms with Crippen LogP contribution in [0.1, 0.15) is 52.2 Å². The molecular weight excluding hydrogens is 624 g/mol. The van der Waals surface area contributed by atoms with Gasteiger partial charge >= 0.3 is 6.09 Å². The van der Waals surface area contributed by atoms with Crippen LogP contribution in [0.25, 0.3) is 10.9 Å². The zero-order valence-corrected chi connectivity index (χ0v) is 28.4. The van der Waals surface area contributed by atoms with Gasteiger partial charge in [-0.05, 0) is 63.3 Å². The smallest absolute Gasteiger partial charge is 0.407 e. The van der Waals surface area contributed by atoms with Crippen LogP contribution in [0, 0.1) is 11.8 Å². The number of carbonyl (C=O) groups is 1. The highest BCUT2D eigenvalue weighted by Crippen LogP contribution is 2.33. The summed E-state index contributed by atoms with van der Waals surface area (Å²) in [5.41, 5.74) is 1.39. The normalized spacial score (nSPS) is 21.5. The Bertz CT molecular complexity index is 1670. The molecule has 0 bridgehead atoms. The molecule has 4 N–H and O–H groups in total. The van der Waals surface area contributed by atoms with E-state index in [1.54, 1.807) is 6.07 Å². The van der Waals surface area contributed by atoms with Gasteiger partial charge < -0.3 is 34.7 Å². The summed E-state index contributed by atoms with van der Waals surface area (Å²) < 4.78 is 46.5. The molecule has 13 heteroatoms. The first-order valence-corrected chi connectivity index (χ1v) is 17.5. The first kappa shape index (κ1) is 34.8. The number of rotatable bonds is 12. The molecule has 2 aliphatic rings. The second-order valence-electron chi connectivity index (χ2n) is 13.7. The van der Waals surface area contributed by atoms with Crippen molar-refractivity contribution in [3.05, 3.63) is 59.7 Å². The molecule has 0 unspecified atom stereocenters. The van der Waals surface area contributed by atoms with Crippen molar-refractivity contribution in [2.45, 2.75) is 82.4 Å². The SMILES string of the molecule is CC(C)CN(C[C@@H](O)[C@H](Cc1ccccc1)NC(=O)O[C@H]1CO[C@H]2OCC[C@H]21)S(=O)(=O)c1ccc2[nH]c(O)c(C=NC(C)(C)C)c2c1. The van der Waals surface area contributed by atoms with Crippen LogP contribution in [-0.4, -0.2) is 96.6 Å². The lowest BCUT2D eigenvalue weighted by atomic mass is 10.0. The number of hydrogen-bond donors (Lipinski definition) is 4. The van der Waals surface area contributed by atoms with Gasteiger partial charge in [0.1, 0.15) is 6.10 Å². The van der Waals surface area contributed by atoms with Crippen LogP contribution in [0.5, 0.6) is 5.88 Å². The number of benzene rings is 2. The molecule has 47 heavy (non-hydrogen) atoms. The molecule has 3 heterocycles. The van der Waals surface area contributed by atoms with Crippen molar-refractivity contribution in [2.24, 2.45) is 16.8 Å². The second kappa shape index (κ2) is 14.3. The van der Waals surface area contributed by atoms with Gasteiger partial charge in [-0.2, -0.15) is 4.31 Å². The van der Waals surface area contributed by atoms with E-state index in [1.807, 2.05) is 65.0 Å². The van der Waals surface area contributed by atoms with Crippen LogP contribution < -0.4 is 5.32 Å². The monoisotopic (exact) mass is 670 g/mol. The van der Waals surface area contributed by atoms with Gasteiger partial charge in [0.15, 0.2) is 12.2 Å². The third kappa shape index (κ3) is 8.52. The summed E-state index contributed by atoms with van der Waals surface area (Å²) in [6.45, 7) is 10.2. The second-order valence-corrected chi connectivity index (χ2v) is 15.7. The topological polar surface area (TPSA) is 163 Å². The van der Waals surface area contributed by atoms with Crippen molar-refractivity contribution < 1.29 is 37.6 Å². The third-order valence-corrected chi connectivity index (χ3v) is 10.1. The van der Waals surface area contributed by atoms with Gasteiger partial charge in [0.05, 0.1) is 47.3 Å². The van der Waals surface area contributed by atoms with Gasteiger partial charge in [0.2, 0.25) is 10.0 Å². The lowest BCUT2D eigenvalue weighted by Gasteiger charge is -2.31. The van der Waals surface area contributed by atoms with Crippen LogP contribution in [0.2, 0.25) is 0 Å². The summed E-state index contributed by atoms with van der Waals surface area (Å²) in [6, 6.07) is 13.1. The minimum atomic E-state index is -4.14. The number of amides is 1. The molecule has 0 saturated carbocycles. The lowest BCUT2D eigenvalue weighted by Crippen LogP contribution is -2.51. The molecular formula is C34H46N4O8S. The number of aromatic nitrogens is 1. The Morgan fingerprint density at radius 1 is 1.17 bits per heavy atom. The number of nitrogens with one attached hydrogen (secondary N) is 2. The largest absolute Gasteiger partial charge is 0.494 e. The molecule has 12 nitrogen and oxygen atoms in total. The van der Waals surface area contributed by atoms with E-state index in [9.17, 15) is 23.4 Å². The van der Waals surface area contributed by atoms with Crippen LogP contribution in [0.4, 0.5) is 4.79 Å². The summed E-state index contributed by atoms with van der Waals surface area (Å²) in [5.74, 6) is -0.232. The van der Waals surface area contributed by atoms with E-state index >= 15 is 0 Å². The van der Waals surface area contributed by atoms with Crippen molar-refractivity contribution in [3.8, 4) is 5.88 Å². The van der Waals surface area contributed by atoms with E-state index < -0.39 is 39.9 Å². The number of carbonyl (C=O) groups excluding carboxylic acids is 1. The first-order chi connectivity index (χ1) is 22.2. The lowest BCUT2D eigenvalue weighted by molar-refractivity contribution is -0.0907. The zero-order valence-electron chi connectivity index (χ0n) is 27.5. The number of aliphatic hydroxyl groups excluding tert-OH is 1. The van der Waals surface area contributed by atoms with Gasteiger partial charge in [-0.1, -0.05) is 44.2 Å². The number of sulfonamides is 1. The molecule has 256 valence electrons. The van der Waals surface area contributed by atoms with E-state index in [0.717, 1.165) is 12.0 Å². The maximum Gasteiger partial charge on any atom is 0.407 e. The Morgan fingerprint density at radius 3 is 2.62 bits per heavy atom. The quantitative estimate of drug-likeness (QED) is 0.209. The van der Waals surface area contributed by atoms with Crippen LogP contribution in [0.3, 0.4) is 0 Å². The van der Waals surface area contributed by atoms with Crippen molar-refractivity contribution in [3.63, 3.8) is 0 Å². The van der Waals surface area contributed by atoms with Crippen LogP contribution in [-0.2, 0) is 30.7 Å². The number of alkyl carbamates (subject to hydrolysis) is 1. The van der Waals surface area contributed by atoms with Gasteiger partial charge in [-0.15, -0.1) is 0 Å². The van der Waals surface area contributed by atoms with Crippen LogP contribution in [0.15, 0.2) is 58.4 Å². The van der Waals surface area contributed by atoms with E-state index in [-0.39, 0.29) is 55.0 Å². The molecule has 2 aromatic carbocycles. The average Bonchev–Trinajstić information content (AvgIpc) is 3.70. The van der Waals surface area contributed by atoms with E-state index in [0.29, 0.717) is 23.1 Å². The van der Waals surface area contributed by atoms with Gasteiger partial charge in [0, 0.05) is 30.2 Å². The summed E-state index contributed by atoms with van der Waals surface area (Å²) >= 11 is 0. The highest BCUT2D eigenvalue weighted by atomic mass is 32.2. The van der Waals surface area contributed by atoms with Crippen molar-refractivity contribution in [1.29, 1.82) is 0 Å². The molecule has 2 saturated heterocycles. The molecule has 5 rings (SSSR count). The number of H-pyrrole nitrogens is 1. The summed E-state index contributed by atoms with van der Waals surface area (Å²) in [7, 11) is -4.14. The highest BCUT2D eigenvalue weighted by Gasteiger charge is 2.44. The van der Waals surface area contributed by atoms with E-state index in [1.165, 1.54) is 22.7 Å². The maximum atomic E-state index is 14.2. The third-order valence-electron chi connectivity index (χ3n) is 8.28. The molecule has 2 aliphatic heterocycles. The number of fused-ring (bicyclic) bond motifs is 2. The van der Waals surface area contributed by atoms with Crippen molar-refractivity contribution in [1.82, 2.24) is 14.6 Å². The predicted octanol–water partition coefficient (Wildman–Crippen LogP) is 4.20. The first-order valence-electron chi connectivity index (χ1n) is 16.0. The molecule has 0 radical (unpaired) electrons. The molecule has 0 aliphatic carbocycles. The van der Waals surface area contributed by atoms with Gasteiger partial charge in [-0.3, -0.25) is 4.99 Å². The predicted molar refractivity (Wildman–Crippen MR) is 178 cm³/mol. The average molecular weight is 671 g/mol. The van der Waals surface area contributed by atoms with E-state index in [2.05, 4.69) is 15.3 Å². The van der Waals surface area contributed by atoms with E-state index in [4.69, 9.17) is 14.2 Å². The van der Waals surface area contributed by atoms with Crippen LogP contribution >= 0.6 is 0 Å². The minimum Gasteiger partial charge on any atom is -0.494 e. The Labute approximate surface area is 276 Å². The molecule has 3 aromatic rings. The Kier molecular flexibility index (Phi) is 10.6. The number of aliphatic hydroxyl groups is 1. The zero-order chi connectivity index (χ0) is 33.9. The highest BCUT2D eigenvalue weighted by molar-refractivity contribution is 7.89. The fourth-order valence-corrected chi connectivity index (χ4v) is 7.56. The number of ether oxygens (including phenoxy) is 3. The Hall–Kier alpha value is -3.49. The minimum absolute atomic E-state index is 0.00353. The maximum absolute atomic E-state index is 14.2. The summed E-state index contributed by atoms with van der Waals surface area (Å²) in [5, 5.41) is 25.5. The number of nitrogens with zero attached hydrogens (tertiary/aromatic N) is 2. The molecule has 1 aromatic heterocycles.